The highest BCUT2D eigenvalue weighted by Crippen LogP contribution is 2.31. The number of piperidine rings is 1. The highest BCUT2D eigenvalue weighted by molar-refractivity contribution is 5.97. The van der Waals surface area contributed by atoms with Gasteiger partial charge in [-0.1, -0.05) is 12.1 Å². The SMILES string of the molecule is O=C(O)C(F)(F)F.O=C1CCCCN1c1cccc(-c2c[nH]c3ccncc23)c1. The van der Waals surface area contributed by atoms with Gasteiger partial charge in [0, 0.05) is 53.7 Å². The van der Waals surface area contributed by atoms with Crippen LogP contribution in [-0.2, 0) is 9.59 Å². The minimum Gasteiger partial charge on any atom is -0.475 e. The molecule has 2 N–H and O–H groups in total. The summed E-state index contributed by atoms with van der Waals surface area (Å²) in [5.74, 6) is -2.53. The standard InChI is InChI=1S/C18H17N3O.C2HF3O2/c22-18-6-1-2-9-21(18)14-5-3-4-13(10-14)15-12-20-17-7-8-19-11-16(15)17;3-2(4,5)1(6)7/h3-5,7-8,10-12,20H,1-2,6,9H2;(H,6,7). The van der Waals surface area contributed by atoms with Crippen LogP contribution in [0.15, 0.2) is 48.9 Å². The average molecular weight is 405 g/mol. The predicted molar refractivity (Wildman–Crippen MR) is 101 cm³/mol. The molecule has 0 aliphatic carbocycles. The summed E-state index contributed by atoms with van der Waals surface area (Å²) in [6, 6.07) is 10.2. The number of carboxylic acids is 1. The summed E-state index contributed by atoms with van der Waals surface area (Å²) in [4.78, 5) is 30.4. The number of H-pyrrole nitrogens is 1. The largest absolute Gasteiger partial charge is 0.490 e. The molecule has 0 saturated carbocycles. The number of nitrogens with zero attached hydrogens (tertiary/aromatic N) is 2. The van der Waals surface area contributed by atoms with Crippen molar-refractivity contribution in [2.24, 2.45) is 0 Å². The van der Waals surface area contributed by atoms with E-state index in [1.54, 1.807) is 6.20 Å². The maximum absolute atomic E-state index is 12.1. The van der Waals surface area contributed by atoms with Crippen molar-refractivity contribution in [1.82, 2.24) is 9.97 Å². The average Bonchev–Trinajstić information content (AvgIpc) is 3.12. The van der Waals surface area contributed by atoms with Crippen LogP contribution in [0.25, 0.3) is 22.0 Å². The van der Waals surface area contributed by atoms with Gasteiger partial charge in [-0.05, 0) is 36.6 Å². The first kappa shape index (κ1) is 20.4. The lowest BCUT2D eigenvalue weighted by Gasteiger charge is -2.27. The molecule has 4 rings (SSSR count). The molecule has 3 heterocycles. The summed E-state index contributed by atoms with van der Waals surface area (Å²) >= 11 is 0. The van der Waals surface area contributed by atoms with Crippen molar-refractivity contribution < 1.29 is 27.9 Å². The summed E-state index contributed by atoms with van der Waals surface area (Å²) in [7, 11) is 0. The van der Waals surface area contributed by atoms with Crippen molar-refractivity contribution in [3.8, 4) is 11.1 Å². The van der Waals surface area contributed by atoms with Gasteiger partial charge in [0.25, 0.3) is 0 Å². The quantitative estimate of drug-likeness (QED) is 0.663. The van der Waals surface area contributed by atoms with E-state index in [0.717, 1.165) is 47.1 Å². The minimum atomic E-state index is -5.08. The number of fused-ring (bicyclic) bond motifs is 1. The molecular formula is C20H18F3N3O3. The summed E-state index contributed by atoms with van der Waals surface area (Å²) < 4.78 is 31.7. The van der Waals surface area contributed by atoms with Gasteiger partial charge in [0.1, 0.15) is 0 Å². The predicted octanol–water partition coefficient (Wildman–Crippen LogP) is 4.38. The number of alkyl halides is 3. The number of carboxylic acid groups (broad SMARTS) is 1. The van der Waals surface area contributed by atoms with E-state index in [1.165, 1.54) is 0 Å². The van der Waals surface area contributed by atoms with E-state index in [0.29, 0.717) is 6.42 Å². The fourth-order valence-corrected chi connectivity index (χ4v) is 3.12. The number of nitrogens with one attached hydrogen (secondary N) is 1. The number of aliphatic carboxylic acids is 1. The van der Waals surface area contributed by atoms with Crippen LogP contribution in [-0.4, -0.2) is 39.7 Å². The molecule has 6 nitrogen and oxygen atoms in total. The molecule has 1 fully saturated rings. The number of carbonyl (C=O) groups is 2. The molecule has 2 aromatic heterocycles. The van der Waals surface area contributed by atoms with Crippen LogP contribution in [0.5, 0.6) is 0 Å². The Morgan fingerprint density at radius 1 is 1.21 bits per heavy atom. The van der Waals surface area contributed by atoms with Gasteiger partial charge in [0.2, 0.25) is 5.91 Å². The van der Waals surface area contributed by atoms with E-state index in [9.17, 15) is 18.0 Å². The highest BCUT2D eigenvalue weighted by atomic mass is 19.4. The molecule has 152 valence electrons. The molecule has 3 aromatic rings. The van der Waals surface area contributed by atoms with Crippen molar-refractivity contribution in [2.45, 2.75) is 25.4 Å². The van der Waals surface area contributed by atoms with Gasteiger partial charge in [0.15, 0.2) is 0 Å². The number of pyridine rings is 1. The molecule has 1 saturated heterocycles. The Bertz CT molecular complexity index is 1030. The van der Waals surface area contributed by atoms with Gasteiger partial charge >= 0.3 is 12.1 Å². The van der Waals surface area contributed by atoms with Crippen LogP contribution in [0.4, 0.5) is 18.9 Å². The Labute approximate surface area is 164 Å². The molecule has 1 aliphatic heterocycles. The fraction of sp³-hybridized carbons (Fsp3) is 0.250. The number of carbonyl (C=O) groups excluding carboxylic acids is 1. The normalized spacial score (nSPS) is 14.4. The lowest BCUT2D eigenvalue weighted by molar-refractivity contribution is -0.192. The monoisotopic (exact) mass is 405 g/mol. The maximum atomic E-state index is 12.1. The van der Waals surface area contributed by atoms with Crippen molar-refractivity contribution in [3.63, 3.8) is 0 Å². The van der Waals surface area contributed by atoms with E-state index in [-0.39, 0.29) is 5.91 Å². The lowest BCUT2D eigenvalue weighted by atomic mass is 10.0. The number of aromatic amines is 1. The van der Waals surface area contributed by atoms with Crippen LogP contribution in [0.2, 0.25) is 0 Å². The van der Waals surface area contributed by atoms with Crippen molar-refractivity contribution in [2.75, 3.05) is 11.4 Å². The minimum absolute atomic E-state index is 0.226. The molecule has 0 radical (unpaired) electrons. The smallest absolute Gasteiger partial charge is 0.475 e. The Morgan fingerprint density at radius 2 is 1.97 bits per heavy atom. The van der Waals surface area contributed by atoms with Gasteiger partial charge in [-0.2, -0.15) is 13.2 Å². The van der Waals surface area contributed by atoms with Crippen LogP contribution in [0.3, 0.4) is 0 Å². The van der Waals surface area contributed by atoms with Crippen molar-refractivity contribution in [3.05, 3.63) is 48.9 Å². The Kier molecular flexibility index (Phi) is 5.86. The van der Waals surface area contributed by atoms with Gasteiger partial charge in [-0.25, -0.2) is 4.79 Å². The van der Waals surface area contributed by atoms with Crippen molar-refractivity contribution in [1.29, 1.82) is 0 Å². The topological polar surface area (TPSA) is 86.3 Å². The first-order valence-electron chi connectivity index (χ1n) is 8.89. The number of anilines is 1. The van der Waals surface area contributed by atoms with Gasteiger partial charge in [-0.3, -0.25) is 9.78 Å². The van der Waals surface area contributed by atoms with E-state index in [1.807, 2.05) is 35.5 Å². The van der Waals surface area contributed by atoms with Gasteiger partial charge in [-0.15, -0.1) is 0 Å². The van der Waals surface area contributed by atoms with E-state index >= 15 is 0 Å². The molecular weight excluding hydrogens is 387 g/mol. The molecule has 0 atom stereocenters. The number of hydrogen-bond donors (Lipinski definition) is 2. The Hall–Kier alpha value is -3.36. The van der Waals surface area contributed by atoms with Crippen LogP contribution in [0.1, 0.15) is 19.3 Å². The molecule has 9 heteroatoms. The van der Waals surface area contributed by atoms with Gasteiger partial charge in [0.05, 0.1) is 0 Å². The summed E-state index contributed by atoms with van der Waals surface area (Å²) in [6.07, 6.45) is 3.31. The van der Waals surface area contributed by atoms with Crippen LogP contribution < -0.4 is 4.90 Å². The fourth-order valence-electron chi connectivity index (χ4n) is 3.12. The molecule has 1 aliphatic rings. The highest BCUT2D eigenvalue weighted by Gasteiger charge is 2.38. The second kappa shape index (κ2) is 8.34. The summed E-state index contributed by atoms with van der Waals surface area (Å²) in [5, 5.41) is 8.23. The zero-order chi connectivity index (χ0) is 21.0. The number of amides is 1. The zero-order valence-electron chi connectivity index (χ0n) is 15.2. The molecule has 0 bridgehead atoms. The van der Waals surface area contributed by atoms with E-state index in [2.05, 4.69) is 22.1 Å². The summed E-state index contributed by atoms with van der Waals surface area (Å²) in [5.41, 5.74) is 4.29. The first-order valence-corrected chi connectivity index (χ1v) is 8.89. The van der Waals surface area contributed by atoms with E-state index in [4.69, 9.17) is 9.90 Å². The summed E-state index contributed by atoms with van der Waals surface area (Å²) in [6.45, 7) is 0.817. The maximum Gasteiger partial charge on any atom is 0.490 e. The van der Waals surface area contributed by atoms with Crippen LogP contribution in [0, 0.1) is 0 Å². The zero-order valence-corrected chi connectivity index (χ0v) is 15.2. The third-order valence-corrected chi connectivity index (χ3v) is 4.52. The molecule has 29 heavy (non-hydrogen) atoms. The lowest BCUT2D eigenvalue weighted by Crippen LogP contribution is -2.35. The third kappa shape index (κ3) is 4.74. The first-order chi connectivity index (χ1) is 13.8. The van der Waals surface area contributed by atoms with Crippen molar-refractivity contribution >= 4 is 28.5 Å². The molecule has 1 aromatic carbocycles. The molecule has 0 spiro atoms. The number of hydrogen-bond acceptors (Lipinski definition) is 3. The third-order valence-electron chi connectivity index (χ3n) is 4.52. The number of aromatic nitrogens is 2. The molecule has 0 unspecified atom stereocenters. The number of benzene rings is 1. The second-order valence-corrected chi connectivity index (χ2v) is 6.48. The van der Waals surface area contributed by atoms with E-state index < -0.39 is 12.1 Å². The van der Waals surface area contributed by atoms with Gasteiger partial charge < -0.3 is 15.0 Å². The number of rotatable bonds is 2. The van der Waals surface area contributed by atoms with Crippen LogP contribution >= 0.6 is 0 Å². The molecule has 1 amide bonds. The Balaban J connectivity index is 0.000000298. The Morgan fingerprint density at radius 3 is 2.66 bits per heavy atom. The second-order valence-electron chi connectivity index (χ2n) is 6.48. The number of halogens is 3.